The number of methoxy groups -OCH3 is 1. The summed E-state index contributed by atoms with van der Waals surface area (Å²) >= 11 is 0. The third-order valence-corrected chi connectivity index (χ3v) is 8.90. The van der Waals surface area contributed by atoms with Crippen LogP contribution in [0.1, 0.15) is 33.0 Å². The monoisotopic (exact) mass is 509 g/mol. The number of furan rings is 1. The Hall–Kier alpha value is -3.30. The van der Waals surface area contributed by atoms with Crippen LogP contribution in [-0.2, 0) is 23.0 Å². The van der Waals surface area contributed by atoms with Gasteiger partial charge in [0.2, 0.25) is 10.0 Å². The van der Waals surface area contributed by atoms with Gasteiger partial charge in [-0.1, -0.05) is 24.3 Å². The van der Waals surface area contributed by atoms with Crippen molar-refractivity contribution in [2.45, 2.75) is 31.7 Å². The minimum Gasteiger partial charge on any atom is -0.495 e. The molecule has 0 atom stereocenters. The molecule has 1 aromatic heterocycles. The zero-order valence-corrected chi connectivity index (χ0v) is 21.7. The summed E-state index contributed by atoms with van der Waals surface area (Å²) in [5.41, 5.74) is 3.56. The number of carbonyl (C=O) groups excluding carboxylic acids is 1. The molecule has 0 spiro atoms. The summed E-state index contributed by atoms with van der Waals surface area (Å²) < 4.78 is 39.8. The Morgan fingerprint density at radius 3 is 2.33 bits per heavy atom. The van der Waals surface area contributed by atoms with Crippen molar-refractivity contribution < 1.29 is 22.4 Å². The Kier molecular flexibility index (Phi) is 6.53. The van der Waals surface area contributed by atoms with Crippen LogP contribution in [0.15, 0.2) is 57.8 Å². The van der Waals surface area contributed by atoms with Crippen LogP contribution in [0.3, 0.4) is 0 Å². The molecule has 190 valence electrons. The summed E-state index contributed by atoms with van der Waals surface area (Å²) in [4.78, 5) is 17.1. The van der Waals surface area contributed by atoms with Gasteiger partial charge in [-0.05, 0) is 55.7 Å². The lowest BCUT2D eigenvalue weighted by Crippen LogP contribution is -2.49. The largest absolute Gasteiger partial charge is 0.495 e. The Morgan fingerprint density at radius 2 is 1.67 bits per heavy atom. The summed E-state index contributed by atoms with van der Waals surface area (Å²) in [6.07, 6.45) is 0.698. The van der Waals surface area contributed by atoms with Gasteiger partial charge in [-0.15, -0.1) is 0 Å². The normalized spacial score (nSPS) is 16.6. The predicted octanol–water partition coefficient (Wildman–Crippen LogP) is 3.61. The van der Waals surface area contributed by atoms with Crippen LogP contribution < -0.4 is 9.64 Å². The van der Waals surface area contributed by atoms with Crippen molar-refractivity contribution in [3.63, 3.8) is 0 Å². The molecule has 2 aromatic carbocycles. The number of ether oxygens (including phenoxy) is 1. The van der Waals surface area contributed by atoms with Crippen molar-refractivity contribution in [3.05, 3.63) is 76.7 Å². The minimum absolute atomic E-state index is 0.0438. The molecule has 0 radical (unpaired) electrons. The molecule has 1 amide bonds. The number of amides is 1. The van der Waals surface area contributed by atoms with Crippen molar-refractivity contribution in [1.29, 1.82) is 0 Å². The highest BCUT2D eigenvalue weighted by molar-refractivity contribution is 7.89. The molecule has 2 aliphatic heterocycles. The predicted molar refractivity (Wildman–Crippen MR) is 137 cm³/mol. The third kappa shape index (κ3) is 4.49. The molecule has 0 unspecified atom stereocenters. The number of benzene rings is 2. The molecule has 0 saturated carbocycles. The van der Waals surface area contributed by atoms with E-state index in [0.717, 1.165) is 17.0 Å². The Balaban J connectivity index is 1.34. The zero-order chi connectivity index (χ0) is 25.4. The van der Waals surface area contributed by atoms with E-state index in [-0.39, 0.29) is 10.8 Å². The highest BCUT2D eigenvalue weighted by atomic mass is 32.2. The third-order valence-electron chi connectivity index (χ3n) is 7.06. The zero-order valence-electron chi connectivity index (χ0n) is 20.9. The molecular formula is C27H31N3O5S. The van der Waals surface area contributed by atoms with Crippen molar-refractivity contribution in [2.75, 3.05) is 44.7 Å². The molecule has 1 fully saturated rings. The summed E-state index contributed by atoms with van der Waals surface area (Å²) in [7, 11) is -2.10. The summed E-state index contributed by atoms with van der Waals surface area (Å²) in [6, 6.07) is 14.8. The van der Waals surface area contributed by atoms with Crippen molar-refractivity contribution in [2.24, 2.45) is 0 Å². The second-order valence-electron chi connectivity index (χ2n) is 9.30. The van der Waals surface area contributed by atoms with Gasteiger partial charge < -0.3 is 19.0 Å². The van der Waals surface area contributed by atoms with Gasteiger partial charge in [-0.25, -0.2) is 8.42 Å². The number of anilines is 1. The van der Waals surface area contributed by atoms with E-state index in [2.05, 4.69) is 11.0 Å². The summed E-state index contributed by atoms with van der Waals surface area (Å²) in [6.45, 7) is 6.63. The van der Waals surface area contributed by atoms with E-state index >= 15 is 0 Å². The molecule has 3 heterocycles. The smallest absolute Gasteiger partial charge is 0.257 e. The van der Waals surface area contributed by atoms with Gasteiger partial charge in [0.1, 0.15) is 17.3 Å². The maximum absolute atomic E-state index is 13.6. The van der Waals surface area contributed by atoms with E-state index in [1.165, 1.54) is 5.56 Å². The van der Waals surface area contributed by atoms with Gasteiger partial charge >= 0.3 is 0 Å². The maximum atomic E-state index is 13.6. The fraction of sp³-hybridized carbons (Fsp3) is 0.370. The molecule has 0 bridgehead atoms. The Morgan fingerprint density at radius 1 is 0.944 bits per heavy atom. The highest BCUT2D eigenvalue weighted by Crippen LogP contribution is 2.34. The first-order chi connectivity index (χ1) is 17.3. The first kappa shape index (κ1) is 24.4. The Bertz CT molecular complexity index is 1390. The van der Waals surface area contributed by atoms with E-state index in [4.69, 9.17) is 9.15 Å². The number of nitrogens with zero attached hydrogens (tertiary/aromatic N) is 3. The quantitative estimate of drug-likeness (QED) is 0.523. The first-order valence-corrected chi connectivity index (χ1v) is 13.6. The second kappa shape index (κ2) is 9.63. The van der Waals surface area contributed by atoms with E-state index in [9.17, 15) is 13.2 Å². The van der Waals surface area contributed by atoms with Crippen LogP contribution in [0.2, 0.25) is 0 Å². The lowest BCUT2D eigenvalue weighted by molar-refractivity contribution is 0.0745. The maximum Gasteiger partial charge on any atom is 0.257 e. The van der Waals surface area contributed by atoms with Gasteiger partial charge in [-0.2, -0.15) is 4.31 Å². The van der Waals surface area contributed by atoms with E-state index in [1.54, 1.807) is 42.6 Å². The molecule has 36 heavy (non-hydrogen) atoms. The molecule has 0 aliphatic carbocycles. The van der Waals surface area contributed by atoms with Gasteiger partial charge in [0.05, 0.1) is 23.3 Å². The highest BCUT2D eigenvalue weighted by Gasteiger charge is 2.31. The second-order valence-corrected chi connectivity index (χ2v) is 11.2. The van der Waals surface area contributed by atoms with E-state index < -0.39 is 10.0 Å². The standard InChI is InChI=1S/C27H31N3O5S/c1-19-16-24(20(2)35-19)27(31)29-14-12-28(13-15-29)25-17-23(8-9-26(25)34-3)36(32,33)30-11-10-21-6-4-5-7-22(21)18-30/h4-9,16-17H,10-15,18H2,1-3H3. The van der Waals surface area contributed by atoms with Gasteiger partial charge in [-0.3, -0.25) is 4.79 Å². The fourth-order valence-corrected chi connectivity index (χ4v) is 6.50. The number of sulfonamides is 1. The van der Waals surface area contributed by atoms with Crippen LogP contribution in [0.4, 0.5) is 5.69 Å². The number of carbonyl (C=O) groups is 1. The van der Waals surface area contributed by atoms with Crippen molar-refractivity contribution >= 4 is 21.6 Å². The average molecular weight is 510 g/mol. The summed E-state index contributed by atoms with van der Waals surface area (Å²) in [5, 5.41) is 0. The average Bonchev–Trinajstić information content (AvgIpc) is 3.25. The molecule has 0 N–H and O–H groups in total. The van der Waals surface area contributed by atoms with Crippen LogP contribution in [-0.4, -0.2) is 63.4 Å². The number of rotatable bonds is 5. The molecule has 8 nitrogen and oxygen atoms in total. The van der Waals surface area contributed by atoms with Crippen LogP contribution in [0.25, 0.3) is 0 Å². The topological polar surface area (TPSA) is 83.3 Å². The molecule has 3 aromatic rings. The lowest BCUT2D eigenvalue weighted by atomic mass is 10.0. The van der Waals surface area contributed by atoms with Crippen LogP contribution in [0.5, 0.6) is 5.75 Å². The van der Waals surface area contributed by atoms with Gasteiger partial charge in [0.25, 0.3) is 5.91 Å². The number of hydrogen-bond acceptors (Lipinski definition) is 6. The van der Waals surface area contributed by atoms with Crippen molar-refractivity contribution in [3.8, 4) is 5.75 Å². The SMILES string of the molecule is COc1ccc(S(=O)(=O)N2CCc3ccccc3C2)cc1N1CCN(C(=O)c2cc(C)oc2C)CC1. The minimum atomic E-state index is -3.68. The van der Waals surface area contributed by atoms with Crippen LogP contribution >= 0.6 is 0 Å². The van der Waals surface area contributed by atoms with Crippen LogP contribution in [0, 0.1) is 13.8 Å². The molecular weight excluding hydrogens is 478 g/mol. The van der Waals surface area contributed by atoms with E-state index in [0.29, 0.717) is 62.8 Å². The number of fused-ring (bicyclic) bond motifs is 1. The van der Waals surface area contributed by atoms with Crippen molar-refractivity contribution in [1.82, 2.24) is 9.21 Å². The molecule has 2 aliphatic rings. The number of hydrogen-bond donors (Lipinski definition) is 0. The summed E-state index contributed by atoms with van der Waals surface area (Å²) in [5.74, 6) is 1.91. The van der Waals surface area contributed by atoms with E-state index in [1.807, 2.05) is 30.0 Å². The molecule has 1 saturated heterocycles. The first-order valence-electron chi connectivity index (χ1n) is 12.1. The number of piperazine rings is 1. The van der Waals surface area contributed by atoms with Gasteiger partial charge in [0, 0.05) is 39.3 Å². The molecule has 9 heteroatoms. The lowest BCUT2D eigenvalue weighted by Gasteiger charge is -2.37. The Labute approximate surface area is 212 Å². The van der Waals surface area contributed by atoms with Gasteiger partial charge in [0.15, 0.2) is 0 Å². The number of aryl methyl sites for hydroxylation is 2. The molecule has 5 rings (SSSR count). The fourth-order valence-electron chi connectivity index (χ4n) is 5.07.